The van der Waals surface area contributed by atoms with E-state index in [0.717, 1.165) is 31.5 Å². The molecule has 22 heavy (non-hydrogen) atoms. The van der Waals surface area contributed by atoms with Crippen LogP contribution in [-0.2, 0) is 20.7 Å². The Labute approximate surface area is 132 Å². The van der Waals surface area contributed by atoms with Crippen LogP contribution in [0.1, 0.15) is 35.1 Å². The maximum atomic E-state index is 12.6. The molecule has 0 N–H and O–H groups in total. The van der Waals surface area contributed by atoms with Crippen LogP contribution < -0.4 is 0 Å². The van der Waals surface area contributed by atoms with E-state index in [1.165, 1.54) is 16.7 Å². The third-order valence-corrected chi connectivity index (χ3v) is 4.99. The second-order valence-electron chi connectivity index (χ2n) is 6.53. The van der Waals surface area contributed by atoms with Gasteiger partial charge in [-0.25, -0.2) is 0 Å². The van der Waals surface area contributed by atoms with E-state index in [0.29, 0.717) is 19.6 Å². The highest BCUT2D eigenvalue weighted by Gasteiger charge is 2.40. The number of carbonyl (C=O) groups excluding carboxylic acids is 1. The zero-order valence-electron chi connectivity index (χ0n) is 13.8. The van der Waals surface area contributed by atoms with E-state index in [4.69, 9.17) is 9.47 Å². The minimum Gasteiger partial charge on any atom is -0.347 e. The van der Waals surface area contributed by atoms with Crippen molar-refractivity contribution in [3.63, 3.8) is 0 Å². The smallest absolute Gasteiger partial charge is 0.227 e. The van der Waals surface area contributed by atoms with E-state index < -0.39 is 5.79 Å². The van der Waals surface area contributed by atoms with Gasteiger partial charge in [0.1, 0.15) is 0 Å². The fourth-order valence-corrected chi connectivity index (χ4v) is 3.37. The number of carbonyl (C=O) groups is 1. The molecule has 2 aliphatic heterocycles. The molecule has 1 aromatic rings. The molecule has 1 aromatic carbocycles. The Balaban J connectivity index is 1.62. The Kier molecular flexibility index (Phi) is 4.24. The number of ether oxygens (including phenoxy) is 2. The molecule has 2 fully saturated rings. The van der Waals surface area contributed by atoms with Gasteiger partial charge in [-0.2, -0.15) is 0 Å². The molecule has 0 aliphatic carbocycles. The quantitative estimate of drug-likeness (QED) is 0.843. The number of likely N-dealkylation sites (tertiary alicyclic amines) is 1. The van der Waals surface area contributed by atoms with Crippen molar-refractivity contribution in [2.75, 3.05) is 26.3 Å². The molecule has 2 heterocycles. The SMILES string of the molecule is Cc1cc(C)c(CC(=O)N2CCC3(CC2)OCCO3)cc1C. The van der Waals surface area contributed by atoms with Crippen molar-refractivity contribution >= 4 is 5.91 Å². The van der Waals surface area contributed by atoms with E-state index in [1.807, 2.05) is 4.90 Å². The maximum Gasteiger partial charge on any atom is 0.227 e. The summed E-state index contributed by atoms with van der Waals surface area (Å²) in [5.41, 5.74) is 4.87. The number of piperidine rings is 1. The van der Waals surface area contributed by atoms with Crippen molar-refractivity contribution < 1.29 is 14.3 Å². The monoisotopic (exact) mass is 303 g/mol. The van der Waals surface area contributed by atoms with Crippen molar-refractivity contribution in [1.29, 1.82) is 0 Å². The fourth-order valence-electron chi connectivity index (χ4n) is 3.37. The number of aryl methyl sites for hydroxylation is 3. The van der Waals surface area contributed by atoms with Gasteiger partial charge >= 0.3 is 0 Å². The van der Waals surface area contributed by atoms with E-state index in [1.54, 1.807) is 0 Å². The van der Waals surface area contributed by atoms with Crippen molar-refractivity contribution in [2.45, 2.75) is 45.8 Å². The highest BCUT2D eigenvalue weighted by molar-refractivity contribution is 5.79. The maximum absolute atomic E-state index is 12.6. The summed E-state index contributed by atoms with van der Waals surface area (Å²) in [5.74, 6) is -0.202. The Bertz CT molecular complexity index is 566. The van der Waals surface area contributed by atoms with Crippen LogP contribution in [0.5, 0.6) is 0 Å². The summed E-state index contributed by atoms with van der Waals surface area (Å²) in [6.07, 6.45) is 2.05. The highest BCUT2D eigenvalue weighted by Crippen LogP contribution is 2.31. The molecule has 0 aromatic heterocycles. The van der Waals surface area contributed by atoms with Crippen LogP contribution in [0, 0.1) is 20.8 Å². The lowest BCUT2D eigenvalue weighted by molar-refractivity contribution is -0.187. The van der Waals surface area contributed by atoms with Gasteiger partial charge in [0.25, 0.3) is 0 Å². The third kappa shape index (κ3) is 3.03. The molecular weight excluding hydrogens is 278 g/mol. The normalized spacial score (nSPS) is 20.6. The lowest BCUT2D eigenvalue weighted by atomic mass is 9.97. The van der Waals surface area contributed by atoms with Gasteiger partial charge in [-0.1, -0.05) is 12.1 Å². The van der Waals surface area contributed by atoms with Gasteiger partial charge in [0.15, 0.2) is 5.79 Å². The molecule has 1 spiro atoms. The second-order valence-corrected chi connectivity index (χ2v) is 6.53. The van der Waals surface area contributed by atoms with E-state index in [2.05, 4.69) is 32.9 Å². The topological polar surface area (TPSA) is 38.8 Å². The molecule has 0 atom stereocenters. The Morgan fingerprint density at radius 3 is 2.27 bits per heavy atom. The molecule has 2 saturated heterocycles. The average Bonchev–Trinajstić information content (AvgIpc) is 2.93. The first-order valence-electron chi connectivity index (χ1n) is 8.11. The van der Waals surface area contributed by atoms with E-state index in [-0.39, 0.29) is 5.91 Å². The summed E-state index contributed by atoms with van der Waals surface area (Å²) in [4.78, 5) is 14.5. The number of hydrogen-bond acceptors (Lipinski definition) is 3. The predicted octanol–water partition coefficient (Wildman–Crippen LogP) is 2.52. The Hall–Kier alpha value is -1.39. The standard InChI is InChI=1S/C18H25NO3/c1-13-10-15(3)16(11-14(13)2)12-17(20)19-6-4-18(5-7-19)21-8-9-22-18/h10-11H,4-9,12H2,1-3H3. The van der Waals surface area contributed by atoms with Crippen molar-refractivity contribution in [3.8, 4) is 0 Å². The fraction of sp³-hybridized carbons (Fsp3) is 0.611. The van der Waals surface area contributed by atoms with Crippen LogP contribution >= 0.6 is 0 Å². The molecule has 0 radical (unpaired) electrons. The van der Waals surface area contributed by atoms with Gasteiger partial charge in [-0.3, -0.25) is 4.79 Å². The van der Waals surface area contributed by atoms with Gasteiger partial charge in [0.05, 0.1) is 19.6 Å². The second kappa shape index (κ2) is 6.01. The minimum atomic E-state index is -0.410. The number of hydrogen-bond donors (Lipinski definition) is 0. The zero-order chi connectivity index (χ0) is 15.7. The molecule has 4 nitrogen and oxygen atoms in total. The first kappa shape index (κ1) is 15.5. The van der Waals surface area contributed by atoms with Crippen LogP contribution in [0.15, 0.2) is 12.1 Å². The molecule has 120 valence electrons. The van der Waals surface area contributed by atoms with E-state index >= 15 is 0 Å². The van der Waals surface area contributed by atoms with Gasteiger partial charge in [0.2, 0.25) is 5.91 Å². The molecule has 1 amide bonds. The van der Waals surface area contributed by atoms with Crippen molar-refractivity contribution in [2.24, 2.45) is 0 Å². The first-order chi connectivity index (χ1) is 10.5. The van der Waals surface area contributed by atoms with Gasteiger partial charge in [-0.05, 0) is 43.0 Å². The molecule has 0 unspecified atom stereocenters. The lowest BCUT2D eigenvalue weighted by Crippen LogP contribution is -2.47. The summed E-state index contributed by atoms with van der Waals surface area (Å²) in [7, 11) is 0. The van der Waals surface area contributed by atoms with Crippen LogP contribution in [-0.4, -0.2) is 42.9 Å². The van der Waals surface area contributed by atoms with Crippen LogP contribution in [0.4, 0.5) is 0 Å². The number of rotatable bonds is 2. The molecule has 3 rings (SSSR count). The van der Waals surface area contributed by atoms with Crippen LogP contribution in [0.3, 0.4) is 0 Å². The summed E-state index contributed by atoms with van der Waals surface area (Å²) in [6, 6.07) is 4.32. The van der Waals surface area contributed by atoms with Crippen LogP contribution in [0.2, 0.25) is 0 Å². The van der Waals surface area contributed by atoms with Gasteiger partial charge < -0.3 is 14.4 Å². The van der Waals surface area contributed by atoms with Gasteiger partial charge in [-0.15, -0.1) is 0 Å². The molecular formula is C18H25NO3. The predicted molar refractivity (Wildman–Crippen MR) is 84.8 cm³/mol. The lowest BCUT2D eigenvalue weighted by Gasteiger charge is -2.37. The number of amides is 1. The molecule has 4 heteroatoms. The van der Waals surface area contributed by atoms with Gasteiger partial charge in [0, 0.05) is 25.9 Å². The third-order valence-electron chi connectivity index (χ3n) is 4.99. The Morgan fingerprint density at radius 2 is 1.64 bits per heavy atom. The molecule has 0 saturated carbocycles. The Morgan fingerprint density at radius 1 is 1.05 bits per heavy atom. The van der Waals surface area contributed by atoms with Crippen molar-refractivity contribution in [1.82, 2.24) is 4.90 Å². The number of benzene rings is 1. The summed E-state index contributed by atoms with van der Waals surface area (Å²) >= 11 is 0. The summed E-state index contributed by atoms with van der Waals surface area (Å²) in [5, 5.41) is 0. The number of nitrogens with zero attached hydrogens (tertiary/aromatic N) is 1. The summed E-state index contributed by atoms with van der Waals surface area (Å²) < 4.78 is 11.4. The van der Waals surface area contributed by atoms with E-state index in [9.17, 15) is 4.79 Å². The van der Waals surface area contributed by atoms with Crippen molar-refractivity contribution in [3.05, 3.63) is 34.4 Å². The average molecular weight is 303 g/mol. The zero-order valence-corrected chi connectivity index (χ0v) is 13.8. The largest absolute Gasteiger partial charge is 0.347 e. The highest BCUT2D eigenvalue weighted by atomic mass is 16.7. The molecule has 0 bridgehead atoms. The van der Waals surface area contributed by atoms with Crippen LogP contribution in [0.25, 0.3) is 0 Å². The summed E-state index contributed by atoms with van der Waals surface area (Å²) in [6.45, 7) is 9.10. The first-order valence-corrected chi connectivity index (χ1v) is 8.11. The minimum absolute atomic E-state index is 0.208. The molecule has 2 aliphatic rings.